The quantitative estimate of drug-likeness (QED) is 0.329. The molecular weight excluding hydrogens is 408 g/mol. The number of thiazole rings is 1. The summed E-state index contributed by atoms with van der Waals surface area (Å²) >= 11 is 1.55. The molecule has 4 aromatic rings. The Kier molecular flexibility index (Phi) is 5.25. The topological polar surface area (TPSA) is 103 Å². The van der Waals surface area contributed by atoms with Gasteiger partial charge in [-0.1, -0.05) is 12.1 Å². The summed E-state index contributed by atoms with van der Waals surface area (Å²) in [7, 11) is 11.7. The molecule has 4 radical (unpaired) electrons. The zero-order chi connectivity index (χ0) is 21.4. The summed E-state index contributed by atoms with van der Waals surface area (Å²) < 4.78 is 1.02. The van der Waals surface area contributed by atoms with Crippen molar-refractivity contribution >= 4 is 43.1 Å². The van der Waals surface area contributed by atoms with Crippen molar-refractivity contribution in [3.63, 3.8) is 0 Å². The van der Waals surface area contributed by atoms with Crippen LogP contribution in [0.1, 0.15) is 12.8 Å². The number of H-pyrrole nitrogens is 1. The molecule has 0 atom stereocenters. The maximum absolute atomic E-state index is 10.4. The summed E-state index contributed by atoms with van der Waals surface area (Å²) in [5.74, 6) is 0.443. The molecule has 0 aliphatic carbocycles. The molecule has 4 heterocycles. The van der Waals surface area contributed by atoms with Crippen LogP contribution in [0, 0.1) is 0 Å². The highest BCUT2D eigenvalue weighted by molar-refractivity contribution is 7.17. The number of aromatic nitrogens is 5. The van der Waals surface area contributed by atoms with E-state index in [9.17, 15) is 5.11 Å². The molecule has 3 N–H and O–H groups in total. The molecule has 0 amide bonds. The predicted molar refractivity (Wildman–Crippen MR) is 123 cm³/mol. The maximum Gasteiger partial charge on any atom is 0.152 e. The number of aromatic amines is 1. The molecule has 11 heteroatoms. The van der Waals surface area contributed by atoms with Crippen LogP contribution in [0.3, 0.4) is 0 Å². The van der Waals surface area contributed by atoms with Gasteiger partial charge in [0.25, 0.3) is 0 Å². The number of anilines is 1. The Morgan fingerprint density at radius 1 is 1.10 bits per heavy atom. The van der Waals surface area contributed by atoms with E-state index in [1.807, 2.05) is 29.9 Å². The van der Waals surface area contributed by atoms with Gasteiger partial charge in [-0.05, 0) is 38.1 Å². The smallest absolute Gasteiger partial charge is 0.152 e. The normalized spacial score (nSPS) is 15.4. The largest absolute Gasteiger partial charge is 0.390 e. The number of hydrogen-bond donors (Lipinski definition) is 3. The van der Waals surface area contributed by atoms with E-state index < -0.39 is 5.52 Å². The number of nitrogens with zero attached hydrogens (tertiary/aromatic N) is 5. The van der Waals surface area contributed by atoms with Crippen molar-refractivity contribution in [2.75, 3.05) is 18.0 Å². The van der Waals surface area contributed by atoms with E-state index in [0.29, 0.717) is 11.5 Å². The molecule has 1 fully saturated rings. The number of fused-ring (bicyclic) bond motifs is 1. The first kappa shape index (κ1) is 20.2. The van der Waals surface area contributed by atoms with Crippen molar-refractivity contribution in [2.45, 2.75) is 24.4 Å². The number of aliphatic hydroxyl groups is 1. The van der Waals surface area contributed by atoms with Crippen molar-refractivity contribution in [1.29, 1.82) is 0 Å². The van der Waals surface area contributed by atoms with Crippen LogP contribution in [0.5, 0.6) is 0 Å². The van der Waals surface area contributed by atoms with E-state index in [2.05, 4.69) is 30.7 Å². The third-order valence-corrected chi connectivity index (χ3v) is 6.39. The standard InChI is InChI=1S/C20H19B2N7OS/c21-20(22,30)29(13-5-7-23-8-6-13)17-4-3-16(27-28-17)15-2-1-14(12-9-25-26-10-12)18-19(15)31-11-24-18/h1-4,9-11,13,23,30H,5-8H2,(H,25,26). The Bertz CT molecular complexity index is 1170. The van der Waals surface area contributed by atoms with Crippen molar-refractivity contribution in [3.05, 3.63) is 42.2 Å². The zero-order valence-corrected chi connectivity index (χ0v) is 17.5. The molecule has 1 aliphatic heterocycles. The minimum absolute atomic E-state index is 0.0242. The first-order valence-corrected chi connectivity index (χ1v) is 10.9. The van der Waals surface area contributed by atoms with Crippen LogP contribution < -0.4 is 10.2 Å². The van der Waals surface area contributed by atoms with Gasteiger partial charge in [0.1, 0.15) is 15.7 Å². The van der Waals surface area contributed by atoms with Gasteiger partial charge < -0.3 is 15.3 Å². The summed E-state index contributed by atoms with van der Waals surface area (Å²) in [6.07, 6.45) is 5.23. The van der Waals surface area contributed by atoms with Gasteiger partial charge in [0.2, 0.25) is 0 Å². The van der Waals surface area contributed by atoms with Gasteiger partial charge in [0.05, 0.1) is 33.1 Å². The molecule has 0 unspecified atom stereocenters. The van der Waals surface area contributed by atoms with E-state index in [1.54, 1.807) is 28.5 Å². The molecule has 31 heavy (non-hydrogen) atoms. The fraction of sp³-hybridized carbons (Fsp3) is 0.300. The van der Waals surface area contributed by atoms with Gasteiger partial charge in [-0.3, -0.25) is 5.10 Å². The number of nitrogens with one attached hydrogen (secondary N) is 2. The second-order valence-corrected chi connectivity index (χ2v) is 8.44. The highest BCUT2D eigenvalue weighted by Crippen LogP contribution is 2.36. The fourth-order valence-corrected chi connectivity index (χ4v) is 4.95. The number of piperidine rings is 1. The van der Waals surface area contributed by atoms with Crippen molar-refractivity contribution in [3.8, 4) is 22.4 Å². The molecule has 0 bridgehead atoms. The highest BCUT2D eigenvalue weighted by atomic mass is 32.1. The Morgan fingerprint density at radius 3 is 2.58 bits per heavy atom. The van der Waals surface area contributed by atoms with Crippen LogP contribution >= 0.6 is 11.3 Å². The maximum atomic E-state index is 10.4. The second kappa shape index (κ2) is 8.07. The molecule has 1 aromatic carbocycles. The van der Waals surface area contributed by atoms with Crippen LogP contribution in [0.15, 0.2) is 42.2 Å². The average molecular weight is 427 g/mol. The lowest BCUT2D eigenvalue weighted by atomic mass is 9.70. The molecule has 0 spiro atoms. The lowest BCUT2D eigenvalue weighted by Crippen LogP contribution is -2.58. The summed E-state index contributed by atoms with van der Waals surface area (Å²) in [5, 5.41) is 29.3. The van der Waals surface area contributed by atoms with Gasteiger partial charge in [-0.15, -0.1) is 21.5 Å². The van der Waals surface area contributed by atoms with Crippen LogP contribution in [0.2, 0.25) is 0 Å². The van der Waals surface area contributed by atoms with Crippen LogP contribution in [-0.4, -0.2) is 70.8 Å². The summed E-state index contributed by atoms with van der Waals surface area (Å²) in [4.78, 5) is 6.10. The first-order chi connectivity index (χ1) is 15.0. The Hall–Kier alpha value is -2.75. The molecule has 8 nitrogen and oxygen atoms in total. The zero-order valence-electron chi connectivity index (χ0n) is 16.7. The monoisotopic (exact) mass is 427 g/mol. The fourth-order valence-electron chi connectivity index (χ4n) is 4.11. The lowest BCUT2D eigenvalue weighted by Gasteiger charge is -2.44. The van der Waals surface area contributed by atoms with Crippen molar-refractivity contribution in [1.82, 2.24) is 30.7 Å². The average Bonchev–Trinajstić information content (AvgIpc) is 3.46. The lowest BCUT2D eigenvalue weighted by molar-refractivity contribution is 0.184. The number of hydrogen-bond acceptors (Lipinski definition) is 8. The van der Waals surface area contributed by atoms with E-state index in [0.717, 1.165) is 52.8 Å². The second-order valence-electron chi connectivity index (χ2n) is 7.59. The minimum Gasteiger partial charge on any atom is -0.390 e. The molecule has 0 saturated carbocycles. The Labute approximate surface area is 185 Å². The van der Waals surface area contributed by atoms with Crippen LogP contribution in [-0.2, 0) is 0 Å². The van der Waals surface area contributed by atoms with E-state index in [1.165, 1.54) is 0 Å². The molecule has 5 rings (SSSR count). The summed E-state index contributed by atoms with van der Waals surface area (Å²) in [6, 6.07) is 7.67. The third kappa shape index (κ3) is 3.84. The molecule has 152 valence electrons. The molecule has 3 aromatic heterocycles. The van der Waals surface area contributed by atoms with Crippen molar-refractivity contribution < 1.29 is 5.11 Å². The summed E-state index contributed by atoms with van der Waals surface area (Å²) in [5.41, 5.74) is 4.33. The van der Waals surface area contributed by atoms with E-state index >= 15 is 0 Å². The number of benzene rings is 1. The van der Waals surface area contributed by atoms with Gasteiger partial charge in [0, 0.05) is 28.9 Å². The predicted octanol–water partition coefficient (Wildman–Crippen LogP) is 1.64. The molecular formula is C20H19B2N7OS. The van der Waals surface area contributed by atoms with Crippen molar-refractivity contribution in [2.24, 2.45) is 0 Å². The van der Waals surface area contributed by atoms with Gasteiger partial charge in [0.15, 0.2) is 5.82 Å². The van der Waals surface area contributed by atoms with Crippen LogP contribution in [0.4, 0.5) is 5.82 Å². The highest BCUT2D eigenvalue weighted by Gasteiger charge is 2.32. The minimum atomic E-state index is -2.02. The molecule has 1 saturated heterocycles. The Morgan fingerprint density at radius 2 is 1.90 bits per heavy atom. The Balaban J connectivity index is 1.51. The SMILES string of the molecule is [B]C([B])(O)N(c1ccc(-c2ccc(-c3cn[nH]c3)c3ncsc23)nn1)C1CCNCC1. The summed E-state index contributed by atoms with van der Waals surface area (Å²) in [6.45, 7) is 1.66. The first-order valence-electron chi connectivity index (χ1n) is 10.0. The van der Waals surface area contributed by atoms with Gasteiger partial charge in [-0.25, -0.2) is 4.98 Å². The third-order valence-electron chi connectivity index (χ3n) is 5.53. The van der Waals surface area contributed by atoms with Gasteiger partial charge >= 0.3 is 0 Å². The molecule has 1 aliphatic rings. The van der Waals surface area contributed by atoms with Gasteiger partial charge in [-0.2, -0.15) is 5.10 Å². The van der Waals surface area contributed by atoms with E-state index in [-0.39, 0.29) is 6.04 Å². The van der Waals surface area contributed by atoms with E-state index in [4.69, 9.17) is 15.7 Å². The van der Waals surface area contributed by atoms with Crippen LogP contribution in [0.25, 0.3) is 32.6 Å². The number of rotatable bonds is 5.